The first-order valence-corrected chi connectivity index (χ1v) is 5.63. The number of carbonyl (C=O) groups excluding carboxylic acids is 1. The highest BCUT2D eigenvalue weighted by atomic mass is 35.5. The fourth-order valence-corrected chi connectivity index (χ4v) is 1.37. The molecule has 0 radical (unpaired) electrons. The van der Waals surface area contributed by atoms with E-state index in [1.165, 1.54) is 6.20 Å². The molecule has 0 bridgehead atoms. The lowest BCUT2D eigenvalue weighted by Gasteiger charge is -2.19. The Bertz CT molecular complexity index is 369. The van der Waals surface area contributed by atoms with Gasteiger partial charge in [-0.1, -0.05) is 11.6 Å². The number of nitrogens with zero attached hydrogens (tertiary/aromatic N) is 2. The van der Waals surface area contributed by atoms with Crippen LogP contribution in [0.4, 0.5) is 5.82 Å². The highest BCUT2D eigenvalue weighted by molar-refractivity contribution is 6.30. The molecule has 0 aliphatic carbocycles. The highest BCUT2D eigenvalue weighted by Gasteiger charge is 2.10. The quantitative estimate of drug-likeness (QED) is 0.814. The van der Waals surface area contributed by atoms with Crippen LogP contribution in [0.1, 0.15) is 6.92 Å². The van der Waals surface area contributed by atoms with Gasteiger partial charge in [-0.3, -0.25) is 4.79 Å². The summed E-state index contributed by atoms with van der Waals surface area (Å²) in [6.45, 7) is 1.84. The van der Waals surface area contributed by atoms with Gasteiger partial charge >= 0.3 is 0 Å². The second-order valence-corrected chi connectivity index (χ2v) is 4.28. The Labute approximate surface area is 105 Å². The minimum absolute atomic E-state index is 0.0748. The molecule has 1 heterocycles. The molecule has 1 aromatic rings. The van der Waals surface area contributed by atoms with Crippen molar-refractivity contribution in [3.05, 3.63) is 23.4 Å². The zero-order valence-corrected chi connectivity index (χ0v) is 10.6. The van der Waals surface area contributed by atoms with E-state index in [1.807, 2.05) is 0 Å². The average molecular weight is 258 g/mol. The van der Waals surface area contributed by atoms with Gasteiger partial charge in [0.05, 0.1) is 18.2 Å². The lowest BCUT2D eigenvalue weighted by atomic mass is 10.3. The minimum atomic E-state index is -0.242. The number of aliphatic hydroxyl groups is 1. The van der Waals surface area contributed by atoms with Crippen LogP contribution in [0.3, 0.4) is 0 Å². The van der Waals surface area contributed by atoms with Crippen molar-refractivity contribution in [2.75, 3.05) is 25.1 Å². The first kappa shape index (κ1) is 13.7. The molecule has 0 aliphatic heterocycles. The largest absolute Gasteiger partial charge is 0.394 e. The van der Waals surface area contributed by atoms with Crippen molar-refractivity contribution in [2.24, 2.45) is 0 Å². The van der Waals surface area contributed by atoms with Gasteiger partial charge in [0, 0.05) is 19.3 Å². The van der Waals surface area contributed by atoms with Gasteiger partial charge in [0.2, 0.25) is 5.91 Å². The van der Waals surface area contributed by atoms with Gasteiger partial charge in [0.15, 0.2) is 0 Å². The third-order valence-electron chi connectivity index (χ3n) is 2.16. The molecule has 0 spiro atoms. The number of likely N-dealkylation sites (N-methyl/N-ethyl adjacent to an activating group) is 1. The number of hydrogen-bond donors (Lipinski definition) is 2. The fourth-order valence-electron chi connectivity index (χ4n) is 1.26. The van der Waals surface area contributed by atoms with Gasteiger partial charge < -0.3 is 15.3 Å². The molecule has 1 aromatic heterocycles. The van der Waals surface area contributed by atoms with E-state index in [1.54, 1.807) is 31.0 Å². The van der Waals surface area contributed by atoms with Crippen molar-refractivity contribution >= 4 is 23.3 Å². The van der Waals surface area contributed by atoms with E-state index in [9.17, 15) is 4.79 Å². The number of carbonyl (C=O) groups is 1. The van der Waals surface area contributed by atoms with Gasteiger partial charge in [-0.25, -0.2) is 4.98 Å². The van der Waals surface area contributed by atoms with E-state index < -0.39 is 0 Å². The third-order valence-corrected chi connectivity index (χ3v) is 2.39. The van der Waals surface area contributed by atoms with Crippen molar-refractivity contribution in [3.8, 4) is 0 Å². The summed E-state index contributed by atoms with van der Waals surface area (Å²) in [6, 6.07) is 3.22. The number of nitrogens with one attached hydrogen (secondary N) is 1. The van der Waals surface area contributed by atoms with Crippen molar-refractivity contribution in [2.45, 2.75) is 13.0 Å². The fraction of sp³-hybridized carbons (Fsp3) is 0.455. The second-order valence-electron chi connectivity index (χ2n) is 3.84. The predicted octanol–water partition coefficient (Wildman–Crippen LogP) is 0.668. The molecule has 0 fully saturated rings. The van der Waals surface area contributed by atoms with Gasteiger partial charge in [-0.05, 0) is 19.1 Å². The molecule has 0 saturated heterocycles. The molecule has 1 amide bonds. The van der Waals surface area contributed by atoms with Crippen LogP contribution in [0.15, 0.2) is 18.3 Å². The van der Waals surface area contributed by atoms with Crippen LogP contribution in [0.25, 0.3) is 0 Å². The SMILES string of the molecule is CC(CO)NC(=O)CN(C)c1ccc(Cl)cn1. The summed E-state index contributed by atoms with van der Waals surface area (Å²) < 4.78 is 0. The molecule has 2 N–H and O–H groups in total. The molecular weight excluding hydrogens is 242 g/mol. The number of pyridine rings is 1. The molecule has 6 heteroatoms. The summed E-state index contributed by atoms with van der Waals surface area (Å²) in [5, 5.41) is 12.0. The number of rotatable bonds is 5. The zero-order valence-electron chi connectivity index (χ0n) is 9.85. The Balaban J connectivity index is 2.51. The smallest absolute Gasteiger partial charge is 0.239 e. The van der Waals surface area contributed by atoms with Crippen molar-refractivity contribution in [1.82, 2.24) is 10.3 Å². The third kappa shape index (κ3) is 4.58. The van der Waals surface area contributed by atoms with Crippen LogP contribution in [0.2, 0.25) is 5.02 Å². The van der Waals surface area contributed by atoms with E-state index in [2.05, 4.69) is 10.3 Å². The van der Waals surface area contributed by atoms with Gasteiger partial charge in [-0.15, -0.1) is 0 Å². The summed E-state index contributed by atoms with van der Waals surface area (Å²) in [4.78, 5) is 17.3. The van der Waals surface area contributed by atoms with Crippen molar-refractivity contribution in [3.63, 3.8) is 0 Å². The Morgan fingerprint density at radius 1 is 1.65 bits per heavy atom. The van der Waals surface area contributed by atoms with Crippen molar-refractivity contribution < 1.29 is 9.90 Å². The molecular formula is C11H16ClN3O2. The van der Waals surface area contributed by atoms with E-state index in [0.29, 0.717) is 10.8 Å². The molecule has 17 heavy (non-hydrogen) atoms. The van der Waals surface area contributed by atoms with Gasteiger partial charge in [-0.2, -0.15) is 0 Å². The first-order chi connectivity index (χ1) is 8.02. The number of aromatic nitrogens is 1. The van der Waals surface area contributed by atoms with Crippen LogP contribution in [0.5, 0.6) is 0 Å². The number of aliphatic hydroxyl groups excluding tert-OH is 1. The predicted molar refractivity (Wildman–Crippen MR) is 67.2 cm³/mol. The molecule has 1 rings (SSSR count). The molecule has 0 saturated carbocycles. The van der Waals surface area contributed by atoms with E-state index >= 15 is 0 Å². The molecule has 0 aromatic carbocycles. The van der Waals surface area contributed by atoms with Crippen LogP contribution >= 0.6 is 11.6 Å². The Hall–Kier alpha value is -1.33. The number of amides is 1. The number of halogens is 1. The van der Waals surface area contributed by atoms with Gasteiger partial charge in [0.25, 0.3) is 0 Å². The van der Waals surface area contributed by atoms with Crippen LogP contribution < -0.4 is 10.2 Å². The van der Waals surface area contributed by atoms with Crippen molar-refractivity contribution in [1.29, 1.82) is 0 Å². The molecule has 94 valence electrons. The minimum Gasteiger partial charge on any atom is -0.394 e. The number of anilines is 1. The maximum absolute atomic E-state index is 11.5. The Kier molecular flexibility index (Phi) is 5.18. The highest BCUT2D eigenvalue weighted by Crippen LogP contribution is 2.12. The monoisotopic (exact) mass is 257 g/mol. The van der Waals surface area contributed by atoms with E-state index in [-0.39, 0.29) is 25.1 Å². The summed E-state index contributed by atoms with van der Waals surface area (Å²) >= 11 is 5.72. The lowest BCUT2D eigenvalue weighted by Crippen LogP contribution is -2.41. The molecule has 1 atom stereocenters. The Morgan fingerprint density at radius 2 is 2.35 bits per heavy atom. The normalized spacial score (nSPS) is 12.0. The average Bonchev–Trinajstić information content (AvgIpc) is 2.29. The molecule has 0 aliphatic rings. The Morgan fingerprint density at radius 3 is 2.88 bits per heavy atom. The topological polar surface area (TPSA) is 65.5 Å². The summed E-state index contributed by atoms with van der Waals surface area (Å²) in [5.41, 5.74) is 0. The van der Waals surface area contributed by atoms with Crippen LogP contribution in [-0.2, 0) is 4.79 Å². The molecule has 1 unspecified atom stereocenters. The summed E-state index contributed by atoms with van der Waals surface area (Å²) in [5.74, 6) is 0.506. The molecule has 5 nitrogen and oxygen atoms in total. The van der Waals surface area contributed by atoms with E-state index in [4.69, 9.17) is 16.7 Å². The van der Waals surface area contributed by atoms with Crippen LogP contribution in [-0.4, -0.2) is 42.2 Å². The lowest BCUT2D eigenvalue weighted by molar-refractivity contribution is -0.120. The second kappa shape index (κ2) is 6.42. The maximum Gasteiger partial charge on any atom is 0.239 e. The van der Waals surface area contributed by atoms with Crippen LogP contribution in [0, 0.1) is 0 Å². The summed E-state index contributed by atoms with van der Waals surface area (Å²) in [7, 11) is 1.76. The summed E-state index contributed by atoms with van der Waals surface area (Å²) in [6.07, 6.45) is 1.53. The zero-order chi connectivity index (χ0) is 12.8. The standard InChI is InChI=1S/C11H16ClN3O2/c1-8(7-16)14-11(17)6-15(2)10-4-3-9(12)5-13-10/h3-5,8,16H,6-7H2,1-2H3,(H,14,17). The number of hydrogen-bond acceptors (Lipinski definition) is 4. The van der Waals surface area contributed by atoms with E-state index in [0.717, 1.165) is 0 Å². The maximum atomic E-state index is 11.5. The van der Waals surface area contributed by atoms with Gasteiger partial charge in [0.1, 0.15) is 5.82 Å². The first-order valence-electron chi connectivity index (χ1n) is 5.26.